The third kappa shape index (κ3) is 1.39. The van der Waals surface area contributed by atoms with Crippen LogP contribution in [-0.4, -0.2) is 26.1 Å². The molecule has 2 rings (SSSR count). The van der Waals surface area contributed by atoms with Gasteiger partial charge in [-0.1, -0.05) is 0 Å². The third-order valence-electron chi connectivity index (χ3n) is 1.78. The van der Waals surface area contributed by atoms with Crippen LogP contribution in [0.5, 0.6) is 0 Å². The molecule has 0 aliphatic heterocycles. The van der Waals surface area contributed by atoms with Gasteiger partial charge in [-0.2, -0.15) is 5.10 Å². The van der Waals surface area contributed by atoms with E-state index in [1.54, 1.807) is 0 Å². The summed E-state index contributed by atoms with van der Waals surface area (Å²) in [4.78, 5) is 0. The number of rotatable bonds is 1. The molecule has 0 aliphatic carbocycles. The summed E-state index contributed by atoms with van der Waals surface area (Å²) < 4.78 is 3.22. The van der Waals surface area contributed by atoms with Crippen LogP contribution in [-0.2, 0) is 5.41 Å². The molecular formula is C8H6AlIN2. The van der Waals surface area contributed by atoms with E-state index in [1.165, 1.54) is 14.5 Å². The lowest BCUT2D eigenvalue weighted by molar-refractivity contribution is 0.772. The molecule has 2 radical (unpaired) electrons. The smallest absolute Gasteiger partial charge is 0.157 e. The Morgan fingerprint density at radius 1 is 1.50 bits per heavy atom. The number of aromatic nitrogens is 2. The maximum absolute atomic E-state index is 4.25. The summed E-state index contributed by atoms with van der Waals surface area (Å²) >= 11 is 4.97. The summed E-state index contributed by atoms with van der Waals surface area (Å²) in [5.41, 5.74) is 1.20. The van der Waals surface area contributed by atoms with E-state index in [1.807, 2.05) is 10.9 Å². The lowest BCUT2D eigenvalue weighted by Crippen LogP contribution is -1.98. The largest absolute Gasteiger partial charge is 0.281 e. The van der Waals surface area contributed by atoms with Gasteiger partial charge < -0.3 is 0 Å². The van der Waals surface area contributed by atoms with Gasteiger partial charge in [0.25, 0.3) is 0 Å². The normalized spacial score (nSPS) is 10.8. The van der Waals surface area contributed by atoms with E-state index in [4.69, 9.17) is 0 Å². The highest BCUT2D eigenvalue weighted by atomic mass is 127. The second-order valence-electron chi connectivity index (χ2n) is 2.53. The predicted octanol–water partition coefficient (Wildman–Crippen LogP) is 1.77. The molecule has 12 heavy (non-hydrogen) atoms. The quantitative estimate of drug-likeness (QED) is 0.576. The van der Waals surface area contributed by atoms with Crippen LogP contribution in [0.25, 0.3) is 10.9 Å². The molecule has 1 heterocycles. The summed E-state index contributed by atoms with van der Waals surface area (Å²) in [5.74, 6) is 0. The molecule has 2 aromatic rings. The van der Waals surface area contributed by atoms with Gasteiger partial charge in [0.1, 0.15) is 0 Å². The van der Waals surface area contributed by atoms with Crippen molar-refractivity contribution in [2.45, 2.75) is 5.41 Å². The summed E-state index contributed by atoms with van der Waals surface area (Å²) in [7, 11) is 0. The van der Waals surface area contributed by atoms with Crippen molar-refractivity contribution in [2.75, 3.05) is 0 Å². The molecule has 0 bridgehead atoms. The van der Waals surface area contributed by atoms with Crippen molar-refractivity contribution in [3.05, 3.63) is 28.0 Å². The Morgan fingerprint density at radius 2 is 2.33 bits per heavy atom. The summed E-state index contributed by atoms with van der Waals surface area (Å²) in [6, 6.07) is 6.34. The highest BCUT2D eigenvalue weighted by molar-refractivity contribution is 14.1. The Hall–Kier alpha value is -0.0475. The number of halogens is 1. The number of nitrogens with zero attached hydrogens (tertiary/aromatic N) is 2. The molecule has 0 saturated carbocycles. The number of fused-ring (bicyclic) bond motifs is 1. The zero-order valence-electron chi connectivity index (χ0n) is 6.37. The van der Waals surface area contributed by atoms with E-state index in [-0.39, 0.29) is 0 Å². The van der Waals surface area contributed by atoms with Gasteiger partial charge in [0.05, 0.1) is 11.7 Å². The van der Waals surface area contributed by atoms with E-state index in [9.17, 15) is 0 Å². The predicted molar refractivity (Wildman–Crippen MR) is 58.2 cm³/mol. The molecule has 0 atom stereocenters. The maximum Gasteiger partial charge on any atom is 0.157 e. The zero-order valence-corrected chi connectivity index (χ0v) is 9.68. The topological polar surface area (TPSA) is 17.8 Å². The Labute approximate surface area is 92.5 Å². The van der Waals surface area contributed by atoms with Crippen LogP contribution >= 0.6 is 22.6 Å². The number of hydrogen-bond acceptors (Lipinski definition) is 1. The standard InChI is InChI=1S/C8H6IN2.Al/c1-11-8-3-2-7(9)4-6(8)5-10-11;/h2-5H,1H2;. The molecule has 0 aliphatic rings. The average Bonchev–Trinajstić information content (AvgIpc) is 2.46. The fraction of sp³-hybridized carbons (Fsp3) is 0.125. The van der Waals surface area contributed by atoms with E-state index in [2.05, 4.69) is 62.2 Å². The van der Waals surface area contributed by atoms with Crippen molar-refractivity contribution in [3.63, 3.8) is 0 Å². The summed E-state index contributed by atoms with van der Waals surface area (Å²) in [6.07, 6.45) is 1.90. The van der Waals surface area contributed by atoms with Crippen LogP contribution in [0.1, 0.15) is 0 Å². The van der Waals surface area contributed by atoms with Crippen LogP contribution in [0.4, 0.5) is 0 Å². The van der Waals surface area contributed by atoms with Gasteiger partial charge in [0.2, 0.25) is 0 Å². The van der Waals surface area contributed by atoms with Gasteiger partial charge >= 0.3 is 0 Å². The fourth-order valence-electron chi connectivity index (χ4n) is 1.20. The number of benzene rings is 1. The van der Waals surface area contributed by atoms with E-state index in [0.717, 1.165) is 5.41 Å². The van der Waals surface area contributed by atoms with Gasteiger partial charge in [-0.25, -0.2) is 0 Å². The van der Waals surface area contributed by atoms with E-state index < -0.39 is 0 Å². The second-order valence-corrected chi connectivity index (χ2v) is 4.14. The van der Waals surface area contributed by atoms with Crippen molar-refractivity contribution in [2.24, 2.45) is 0 Å². The highest BCUT2D eigenvalue weighted by Gasteiger charge is 1.99. The van der Waals surface area contributed by atoms with Gasteiger partial charge in [-0.15, -0.1) is 0 Å². The molecule has 1 aromatic carbocycles. The first-order valence-corrected chi connectivity index (χ1v) is 5.52. The Bertz CT molecular complexity index is 410. The monoisotopic (exact) mass is 284 g/mol. The minimum absolute atomic E-state index is 0.851. The average molecular weight is 284 g/mol. The van der Waals surface area contributed by atoms with Crippen LogP contribution < -0.4 is 0 Å². The van der Waals surface area contributed by atoms with Crippen molar-refractivity contribution < 1.29 is 0 Å². The van der Waals surface area contributed by atoms with Crippen molar-refractivity contribution in [1.29, 1.82) is 0 Å². The van der Waals surface area contributed by atoms with Crippen LogP contribution in [0.15, 0.2) is 24.4 Å². The minimum Gasteiger partial charge on any atom is -0.281 e. The Kier molecular flexibility index (Phi) is 2.40. The Balaban J connectivity index is 2.73. The molecule has 2 nitrogen and oxygen atoms in total. The minimum atomic E-state index is 0.851. The lowest BCUT2D eigenvalue weighted by atomic mass is 10.3. The molecule has 58 valence electrons. The first-order chi connectivity index (χ1) is 5.81. The summed E-state index contributed by atoms with van der Waals surface area (Å²) in [5, 5.41) is 6.31. The molecule has 0 N–H and O–H groups in total. The molecule has 0 spiro atoms. The van der Waals surface area contributed by atoms with Gasteiger partial charge in [-0.05, 0) is 46.2 Å². The van der Waals surface area contributed by atoms with Crippen molar-refractivity contribution in [3.8, 4) is 0 Å². The third-order valence-corrected chi connectivity index (χ3v) is 2.79. The molecule has 0 unspecified atom stereocenters. The molecule has 0 saturated heterocycles. The molecule has 4 heteroatoms. The van der Waals surface area contributed by atoms with E-state index in [0.29, 0.717) is 0 Å². The number of hydrogen-bond donors (Lipinski definition) is 0. The molecule has 0 amide bonds. The fourth-order valence-corrected chi connectivity index (χ4v) is 2.01. The maximum atomic E-state index is 4.25. The first-order valence-electron chi connectivity index (χ1n) is 3.62. The summed E-state index contributed by atoms with van der Waals surface area (Å²) in [6.45, 7) is 0. The molecular weight excluding hydrogens is 278 g/mol. The molecule has 1 aromatic heterocycles. The van der Waals surface area contributed by atoms with Crippen molar-refractivity contribution in [1.82, 2.24) is 9.78 Å². The molecule has 0 fully saturated rings. The van der Waals surface area contributed by atoms with Crippen LogP contribution in [0.2, 0.25) is 0 Å². The van der Waals surface area contributed by atoms with Crippen LogP contribution in [0, 0.1) is 3.57 Å². The van der Waals surface area contributed by atoms with Crippen LogP contribution in [0.3, 0.4) is 0 Å². The van der Waals surface area contributed by atoms with Gasteiger partial charge in [0, 0.05) is 8.96 Å². The lowest BCUT2D eigenvalue weighted by Gasteiger charge is -1.98. The zero-order chi connectivity index (χ0) is 8.55. The van der Waals surface area contributed by atoms with Gasteiger partial charge in [-0.3, -0.25) is 4.68 Å². The Morgan fingerprint density at radius 3 is 3.08 bits per heavy atom. The second kappa shape index (κ2) is 3.37. The first kappa shape index (κ1) is 8.55. The van der Waals surface area contributed by atoms with Gasteiger partial charge in [0.15, 0.2) is 16.3 Å². The SMILES string of the molecule is [Al][CH2]n1ncc2cc(I)ccc21. The van der Waals surface area contributed by atoms with E-state index >= 15 is 0 Å². The van der Waals surface area contributed by atoms with Crippen molar-refractivity contribution >= 4 is 49.8 Å². The highest BCUT2D eigenvalue weighted by Crippen LogP contribution is 2.16.